The molecule has 0 aliphatic rings. The highest BCUT2D eigenvalue weighted by atomic mass is 32.1. The normalized spacial score (nSPS) is 10.9. The van der Waals surface area contributed by atoms with E-state index in [-0.39, 0.29) is 0 Å². The number of aromatic amines is 1. The molecule has 0 aliphatic carbocycles. The predicted octanol–water partition coefficient (Wildman–Crippen LogP) is 2.27. The maximum Gasteiger partial charge on any atom is 0.203 e. The van der Waals surface area contributed by atoms with Crippen LogP contribution < -0.4 is 5.73 Å². The molecule has 3 aromatic rings. The van der Waals surface area contributed by atoms with Crippen LogP contribution in [0.5, 0.6) is 0 Å². The molecule has 0 bridgehead atoms. The summed E-state index contributed by atoms with van der Waals surface area (Å²) in [5.41, 5.74) is 7.72. The van der Waals surface area contributed by atoms with Crippen LogP contribution in [0.25, 0.3) is 21.5 Å². The Morgan fingerprint density at radius 1 is 1.20 bits per heavy atom. The lowest BCUT2D eigenvalue weighted by Crippen LogP contribution is -1.80. The average Bonchev–Trinajstić information content (AvgIpc) is 2.83. The number of nitrogen functional groups attached to an aromatic ring is 1. The Kier molecular flexibility index (Phi) is 1.72. The zero-order valence-electron chi connectivity index (χ0n) is 7.77. The number of rotatable bonds is 1. The summed E-state index contributed by atoms with van der Waals surface area (Å²) < 4.78 is 0. The van der Waals surface area contributed by atoms with E-state index in [1.54, 1.807) is 0 Å². The van der Waals surface area contributed by atoms with E-state index >= 15 is 0 Å². The quantitative estimate of drug-likeness (QED) is 0.655. The molecule has 2 aromatic heterocycles. The van der Waals surface area contributed by atoms with Crippen molar-refractivity contribution in [3.63, 3.8) is 0 Å². The summed E-state index contributed by atoms with van der Waals surface area (Å²) in [5, 5.41) is 10.3. The zero-order valence-corrected chi connectivity index (χ0v) is 8.58. The minimum absolute atomic E-state index is 0.496. The lowest BCUT2D eigenvalue weighted by molar-refractivity contribution is 1.10. The van der Waals surface area contributed by atoms with Crippen molar-refractivity contribution in [3.05, 3.63) is 30.5 Å². The van der Waals surface area contributed by atoms with Crippen LogP contribution in [0.4, 0.5) is 5.13 Å². The number of nitrogens with zero attached hydrogens (tertiary/aromatic N) is 2. The van der Waals surface area contributed by atoms with Crippen molar-refractivity contribution in [2.24, 2.45) is 0 Å². The third kappa shape index (κ3) is 1.28. The summed E-state index contributed by atoms with van der Waals surface area (Å²) in [7, 11) is 0. The second-order valence-corrected chi connectivity index (χ2v) is 4.20. The number of hydrogen-bond donors (Lipinski definition) is 2. The van der Waals surface area contributed by atoms with Crippen LogP contribution in [-0.2, 0) is 0 Å². The summed E-state index contributed by atoms with van der Waals surface area (Å²) in [6, 6.07) is 8.09. The smallest absolute Gasteiger partial charge is 0.203 e. The van der Waals surface area contributed by atoms with Crippen LogP contribution in [-0.4, -0.2) is 15.2 Å². The second-order valence-electron chi connectivity index (χ2n) is 3.19. The number of nitrogens with one attached hydrogen (secondary N) is 1. The molecule has 3 N–H and O–H groups in total. The number of fused-ring (bicyclic) bond motifs is 1. The van der Waals surface area contributed by atoms with Crippen LogP contribution in [0.2, 0.25) is 0 Å². The maximum absolute atomic E-state index is 5.56. The first-order valence-corrected chi connectivity index (χ1v) is 5.32. The Morgan fingerprint density at radius 2 is 2.07 bits per heavy atom. The topological polar surface area (TPSA) is 67.6 Å². The fourth-order valence-electron chi connectivity index (χ4n) is 1.59. The number of nitrogens with two attached hydrogens (primary N) is 1. The Labute approximate surface area is 89.8 Å². The third-order valence-corrected chi connectivity index (χ3v) is 3.05. The van der Waals surface area contributed by atoms with Crippen LogP contribution in [0.3, 0.4) is 0 Å². The van der Waals surface area contributed by atoms with Gasteiger partial charge in [0.25, 0.3) is 0 Å². The van der Waals surface area contributed by atoms with Gasteiger partial charge in [0, 0.05) is 22.7 Å². The molecule has 0 radical (unpaired) electrons. The van der Waals surface area contributed by atoms with E-state index < -0.39 is 0 Å². The molecule has 0 aliphatic heterocycles. The van der Waals surface area contributed by atoms with Crippen molar-refractivity contribution in [3.8, 4) is 10.6 Å². The van der Waals surface area contributed by atoms with E-state index in [0.717, 1.165) is 21.5 Å². The fourth-order valence-corrected chi connectivity index (χ4v) is 2.23. The van der Waals surface area contributed by atoms with Gasteiger partial charge in [0.15, 0.2) is 5.01 Å². The number of aromatic nitrogens is 3. The molecule has 2 heterocycles. The van der Waals surface area contributed by atoms with Gasteiger partial charge < -0.3 is 10.7 Å². The van der Waals surface area contributed by atoms with Gasteiger partial charge in [-0.1, -0.05) is 29.5 Å². The summed E-state index contributed by atoms with van der Waals surface area (Å²) >= 11 is 1.40. The number of benzene rings is 1. The number of hydrogen-bond acceptors (Lipinski definition) is 4. The van der Waals surface area contributed by atoms with Crippen molar-refractivity contribution in [2.75, 3.05) is 5.73 Å². The van der Waals surface area contributed by atoms with E-state index in [1.807, 2.05) is 24.4 Å². The number of para-hydroxylation sites is 1. The molecule has 0 saturated heterocycles. The first kappa shape index (κ1) is 8.43. The van der Waals surface area contributed by atoms with E-state index in [9.17, 15) is 0 Å². The highest BCUT2D eigenvalue weighted by molar-refractivity contribution is 7.18. The average molecular weight is 216 g/mol. The molecule has 0 atom stereocenters. The summed E-state index contributed by atoms with van der Waals surface area (Å²) in [6.45, 7) is 0. The molecule has 0 fully saturated rings. The molecular formula is C10H8N4S. The largest absolute Gasteiger partial charge is 0.374 e. The van der Waals surface area contributed by atoms with Gasteiger partial charge in [-0.2, -0.15) is 0 Å². The van der Waals surface area contributed by atoms with Gasteiger partial charge in [0.1, 0.15) is 0 Å². The van der Waals surface area contributed by atoms with Crippen LogP contribution in [0.15, 0.2) is 30.5 Å². The van der Waals surface area contributed by atoms with Gasteiger partial charge in [-0.15, -0.1) is 10.2 Å². The van der Waals surface area contributed by atoms with Gasteiger partial charge in [0.2, 0.25) is 5.13 Å². The molecule has 0 spiro atoms. The minimum Gasteiger partial charge on any atom is -0.374 e. The molecule has 0 unspecified atom stereocenters. The summed E-state index contributed by atoms with van der Waals surface area (Å²) in [4.78, 5) is 3.19. The van der Waals surface area contributed by atoms with Gasteiger partial charge in [-0.25, -0.2) is 0 Å². The monoisotopic (exact) mass is 216 g/mol. The zero-order chi connectivity index (χ0) is 10.3. The van der Waals surface area contributed by atoms with Gasteiger partial charge in [0.05, 0.1) is 0 Å². The Hall–Kier alpha value is -1.88. The highest BCUT2D eigenvalue weighted by Crippen LogP contribution is 2.30. The highest BCUT2D eigenvalue weighted by Gasteiger charge is 2.09. The molecular weight excluding hydrogens is 208 g/mol. The van der Waals surface area contributed by atoms with E-state index in [2.05, 4.69) is 21.2 Å². The maximum atomic E-state index is 5.56. The molecule has 4 nitrogen and oxygen atoms in total. The number of H-pyrrole nitrogens is 1. The van der Waals surface area contributed by atoms with Crippen molar-refractivity contribution in [1.82, 2.24) is 15.2 Å². The first-order valence-electron chi connectivity index (χ1n) is 4.50. The van der Waals surface area contributed by atoms with Crippen molar-refractivity contribution in [2.45, 2.75) is 0 Å². The van der Waals surface area contributed by atoms with Crippen molar-refractivity contribution in [1.29, 1.82) is 0 Å². The van der Waals surface area contributed by atoms with Crippen LogP contribution >= 0.6 is 11.3 Å². The van der Waals surface area contributed by atoms with E-state index in [1.165, 1.54) is 11.3 Å². The van der Waals surface area contributed by atoms with Crippen molar-refractivity contribution < 1.29 is 0 Å². The summed E-state index contributed by atoms with van der Waals surface area (Å²) in [5.74, 6) is 0. The number of anilines is 1. The summed E-state index contributed by atoms with van der Waals surface area (Å²) in [6.07, 6.45) is 1.94. The fraction of sp³-hybridized carbons (Fsp3) is 0. The van der Waals surface area contributed by atoms with Gasteiger partial charge in [-0.3, -0.25) is 0 Å². The molecule has 74 valence electrons. The van der Waals surface area contributed by atoms with Gasteiger partial charge in [-0.05, 0) is 6.07 Å². The molecule has 5 heteroatoms. The van der Waals surface area contributed by atoms with Gasteiger partial charge >= 0.3 is 0 Å². The lowest BCUT2D eigenvalue weighted by atomic mass is 10.2. The predicted molar refractivity (Wildman–Crippen MR) is 61.6 cm³/mol. The molecule has 1 aromatic carbocycles. The Bertz CT molecular complexity index is 610. The Balaban J connectivity index is 2.27. The van der Waals surface area contributed by atoms with E-state index in [0.29, 0.717) is 5.13 Å². The standard InChI is InChI=1S/C10H8N4S/c11-10-14-13-9(15-10)7-5-12-8-4-2-1-3-6(7)8/h1-5,12H,(H2,11,14). The third-order valence-electron chi connectivity index (χ3n) is 2.26. The molecule has 0 saturated carbocycles. The minimum atomic E-state index is 0.496. The van der Waals surface area contributed by atoms with Crippen molar-refractivity contribution >= 4 is 27.4 Å². The molecule has 15 heavy (non-hydrogen) atoms. The van der Waals surface area contributed by atoms with Crippen LogP contribution in [0, 0.1) is 0 Å². The Morgan fingerprint density at radius 3 is 2.87 bits per heavy atom. The first-order chi connectivity index (χ1) is 7.34. The van der Waals surface area contributed by atoms with E-state index in [4.69, 9.17) is 5.73 Å². The second kappa shape index (κ2) is 3.06. The van der Waals surface area contributed by atoms with Crippen LogP contribution in [0.1, 0.15) is 0 Å². The SMILES string of the molecule is Nc1nnc(-c2c[nH]c3ccccc23)s1. The molecule has 0 amide bonds. The lowest BCUT2D eigenvalue weighted by Gasteiger charge is -1.91. The molecule has 3 rings (SSSR count).